The van der Waals surface area contributed by atoms with Gasteiger partial charge in [0, 0.05) is 18.7 Å². The zero-order valence-corrected chi connectivity index (χ0v) is 10.4. The van der Waals surface area contributed by atoms with E-state index in [9.17, 15) is 14.9 Å². The summed E-state index contributed by atoms with van der Waals surface area (Å²) in [4.78, 5) is 24.7. The third kappa shape index (κ3) is 3.88. The Morgan fingerprint density at radius 2 is 2.32 bits per heavy atom. The van der Waals surface area contributed by atoms with Crippen LogP contribution in [-0.2, 0) is 0 Å². The molecule has 8 heteroatoms. The van der Waals surface area contributed by atoms with E-state index in [1.165, 1.54) is 0 Å². The van der Waals surface area contributed by atoms with Gasteiger partial charge in [-0.15, -0.1) is 0 Å². The molecule has 0 spiro atoms. The number of pyridine rings is 1. The van der Waals surface area contributed by atoms with Gasteiger partial charge in [0.05, 0.1) is 4.92 Å². The van der Waals surface area contributed by atoms with Crippen molar-refractivity contribution in [2.45, 2.75) is 25.8 Å². The number of nitrogens with one attached hydrogen (secondary N) is 1. The summed E-state index contributed by atoms with van der Waals surface area (Å²) in [6, 6.07) is 0.820. The first-order chi connectivity index (χ1) is 8.99. The molecule has 0 aliphatic carbocycles. The van der Waals surface area contributed by atoms with Gasteiger partial charge in [-0.3, -0.25) is 10.1 Å². The van der Waals surface area contributed by atoms with Crippen LogP contribution < -0.4 is 5.32 Å². The normalized spacial score (nSPS) is 11.9. The standard InChI is InChI=1S/C11H15N3O5/c1-2-7(3-4-15)13-10-9(11(16)17)5-8(6-12-10)14(18)19/h5-7,15H,2-4H2,1H3,(H,12,13)(H,16,17). The molecule has 8 nitrogen and oxygen atoms in total. The molecule has 0 aromatic carbocycles. The molecule has 0 saturated carbocycles. The average Bonchev–Trinajstić information content (AvgIpc) is 2.37. The lowest BCUT2D eigenvalue weighted by atomic mass is 10.1. The predicted molar refractivity (Wildman–Crippen MR) is 67.3 cm³/mol. The third-order valence-electron chi connectivity index (χ3n) is 2.63. The summed E-state index contributed by atoms with van der Waals surface area (Å²) < 4.78 is 0. The Morgan fingerprint density at radius 3 is 2.79 bits per heavy atom. The Hall–Kier alpha value is -2.22. The molecule has 0 fully saturated rings. The maximum Gasteiger partial charge on any atom is 0.339 e. The Balaban J connectivity index is 3.06. The minimum absolute atomic E-state index is 0.0408. The van der Waals surface area contributed by atoms with Crippen molar-refractivity contribution < 1.29 is 19.9 Å². The number of aromatic carboxylic acids is 1. The number of aliphatic hydroxyl groups excluding tert-OH is 1. The lowest BCUT2D eigenvalue weighted by Crippen LogP contribution is -2.22. The van der Waals surface area contributed by atoms with Gasteiger partial charge < -0.3 is 15.5 Å². The minimum Gasteiger partial charge on any atom is -0.478 e. The molecule has 0 aliphatic rings. The van der Waals surface area contributed by atoms with Crippen LogP contribution in [0.3, 0.4) is 0 Å². The number of carboxylic acids is 1. The van der Waals surface area contributed by atoms with E-state index in [0.717, 1.165) is 12.3 Å². The molecule has 19 heavy (non-hydrogen) atoms. The van der Waals surface area contributed by atoms with E-state index in [1.807, 2.05) is 6.92 Å². The highest BCUT2D eigenvalue weighted by Crippen LogP contribution is 2.20. The number of aromatic nitrogens is 1. The number of rotatable bonds is 7. The van der Waals surface area contributed by atoms with Gasteiger partial charge in [-0.1, -0.05) is 6.92 Å². The molecule has 3 N–H and O–H groups in total. The molecule has 1 unspecified atom stereocenters. The van der Waals surface area contributed by atoms with Gasteiger partial charge in [0.1, 0.15) is 17.6 Å². The smallest absolute Gasteiger partial charge is 0.339 e. The number of carbonyl (C=O) groups is 1. The second-order valence-electron chi connectivity index (χ2n) is 3.91. The fraction of sp³-hybridized carbons (Fsp3) is 0.455. The van der Waals surface area contributed by atoms with Crippen molar-refractivity contribution >= 4 is 17.5 Å². The summed E-state index contributed by atoms with van der Waals surface area (Å²) in [5.41, 5.74) is -0.635. The van der Waals surface area contributed by atoms with Crippen LogP contribution in [0.15, 0.2) is 12.3 Å². The van der Waals surface area contributed by atoms with Crippen LogP contribution in [-0.4, -0.2) is 38.7 Å². The number of nitro groups is 1. The van der Waals surface area contributed by atoms with Crippen molar-refractivity contribution in [1.29, 1.82) is 0 Å². The summed E-state index contributed by atoms with van der Waals surface area (Å²) in [7, 11) is 0. The summed E-state index contributed by atoms with van der Waals surface area (Å²) in [5.74, 6) is -1.23. The van der Waals surface area contributed by atoms with Crippen LogP contribution in [0, 0.1) is 10.1 Å². The lowest BCUT2D eigenvalue weighted by molar-refractivity contribution is -0.385. The van der Waals surface area contributed by atoms with Crippen LogP contribution in [0.4, 0.5) is 11.5 Å². The van der Waals surface area contributed by atoms with Gasteiger partial charge >= 0.3 is 5.97 Å². The van der Waals surface area contributed by atoms with E-state index in [1.54, 1.807) is 0 Å². The van der Waals surface area contributed by atoms with Crippen molar-refractivity contribution in [2.75, 3.05) is 11.9 Å². The second-order valence-corrected chi connectivity index (χ2v) is 3.91. The molecule has 1 aromatic rings. The first-order valence-corrected chi connectivity index (χ1v) is 5.74. The quantitative estimate of drug-likeness (QED) is 0.502. The first kappa shape index (κ1) is 14.8. The Kier molecular flexibility index (Phi) is 5.19. The molecular weight excluding hydrogens is 254 g/mol. The Labute approximate surface area is 109 Å². The molecule has 1 heterocycles. The van der Waals surface area contributed by atoms with E-state index in [-0.39, 0.29) is 29.7 Å². The molecule has 0 saturated heterocycles. The summed E-state index contributed by atoms with van der Waals surface area (Å²) in [5, 5.41) is 31.4. The van der Waals surface area contributed by atoms with Crippen LogP contribution >= 0.6 is 0 Å². The Bertz CT molecular complexity index is 477. The van der Waals surface area contributed by atoms with Gasteiger partial charge in [-0.05, 0) is 12.8 Å². The summed E-state index contributed by atoms with van der Waals surface area (Å²) >= 11 is 0. The highest BCUT2D eigenvalue weighted by atomic mass is 16.6. The van der Waals surface area contributed by atoms with E-state index >= 15 is 0 Å². The number of aliphatic hydroxyl groups is 1. The van der Waals surface area contributed by atoms with Gasteiger partial charge in [0.25, 0.3) is 5.69 Å². The maximum absolute atomic E-state index is 11.1. The molecule has 104 valence electrons. The molecule has 1 aromatic heterocycles. The molecule has 1 rings (SSSR count). The van der Waals surface area contributed by atoms with Crippen molar-refractivity contribution in [1.82, 2.24) is 4.98 Å². The average molecular weight is 269 g/mol. The number of hydrogen-bond donors (Lipinski definition) is 3. The van der Waals surface area contributed by atoms with E-state index in [4.69, 9.17) is 10.2 Å². The van der Waals surface area contributed by atoms with Gasteiger partial charge in [0.15, 0.2) is 0 Å². The molecular formula is C11H15N3O5. The molecule has 0 aliphatic heterocycles. The molecule has 0 amide bonds. The minimum atomic E-state index is -1.29. The van der Waals surface area contributed by atoms with E-state index in [2.05, 4.69) is 10.3 Å². The maximum atomic E-state index is 11.1. The van der Waals surface area contributed by atoms with Gasteiger partial charge in [-0.25, -0.2) is 9.78 Å². The lowest BCUT2D eigenvalue weighted by Gasteiger charge is -2.17. The first-order valence-electron chi connectivity index (χ1n) is 5.74. The monoisotopic (exact) mass is 269 g/mol. The van der Waals surface area contributed by atoms with E-state index in [0.29, 0.717) is 12.8 Å². The molecule has 0 bridgehead atoms. The number of anilines is 1. The zero-order valence-electron chi connectivity index (χ0n) is 10.4. The Morgan fingerprint density at radius 1 is 1.63 bits per heavy atom. The molecule has 1 atom stereocenters. The van der Waals surface area contributed by atoms with Crippen molar-refractivity contribution in [3.63, 3.8) is 0 Å². The van der Waals surface area contributed by atoms with Crippen LogP contribution in [0.5, 0.6) is 0 Å². The number of carboxylic acid groups (broad SMARTS) is 1. The van der Waals surface area contributed by atoms with Crippen LogP contribution in [0.2, 0.25) is 0 Å². The molecule has 0 radical (unpaired) electrons. The topological polar surface area (TPSA) is 126 Å². The van der Waals surface area contributed by atoms with Crippen LogP contribution in [0.25, 0.3) is 0 Å². The van der Waals surface area contributed by atoms with Crippen LogP contribution in [0.1, 0.15) is 30.1 Å². The van der Waals surface area contributed by atoms with Gasteiger partial charge in [-0.2, -0.15) is 0 Å². The summed E-state index contributed by atoms with van der Waals surface area (Å²) in [6.07, 6.45) is 2.10. The van der Waals surface area contributed by atoms with Crippen molar-refractivity contribution in [2.24, 2.45) is 0 Å². The fourth-order valence-corrected chi connectivity index (χ4v) is 1.56. The third-order valence-corrected chi connectivity index (χ3v) is 2.63. The highest BCUT2D eigenvalue weighted by molar-refractivity contribution is 5.93. The van der Waals surface area contributed by atoms with Crippen molar-refractivity contribution in [3.8, 4) is 0 Å². The second kappa shape index (κ2) is 6.64. The predicted octanol–water partition coefficient (Wildman–Crippen LogP) is 1.26. The van der Waals surface area contributed by atoms with Crippen molar-refractivity contribution in [3.05, 3.63) is 27.9 Å². The SMILES string of the molecule is CCC(CCO)Nc1ncc([N+](=O)[O-])cc1C(=O)O. The zero-order chi connectivity index (χ0) is 14.4. The van der Waals surface area contributed by atoms with E-state index < -0.39 is 10.9 Å². The summed E-state index contributed by atoms with van der Waals surface area (Å²) in [6.45, 7) is 1.83. The number of nitrogens with zero attached hydrogens (tertiary/aromatic N) is 2. The highest BCUT2D eigenvalue weighted by Gasteiger charge is 2.19. The van der Waals surface area contributed by atoms with Gasteiger partial charge in [0.2, 0.25) is 0 Å². The largest absolute Gasteiger partial charge is 0.478 e. The fourth-order valence-electron chi connectivity index (χ4n) is 1.56. The number of hydrogen-bond acceptors (Lipinski definition) is 6.